The van der Waals surface area contributed by atoms with E-state index in [4.69, 9.17) is 21.1 Å². The monoisotopic (exact) mass is 476 g/mol. The summed E-state index contributed by atoms with van der Waals surface area (Å²) in [5, 5.41) is 15.4. The molecule has 7 nitrogen and oxygen atoms in total. The molecule has 10 heteroatoms. The van der Waals surface area contributed by atoms with Crippen LogP contribution in [0.4, 0.5) is 10.8 Å². The van der Waals surface area contributed by atoms with Gasteiger partial charge < -0.3 is 20.1 Å². The molecule has 3 aromatic rings. The van der Waals surface area contributed by atoms with Crippen LogP contribution in [0.2, 0.25) is 5.02 Å². The van der Waals surface area contributed by atoms with Gasteiger partial charge >= 0.3 is 0 Å². The molecule has 1 aliphatic heterocycles. The van der Waals surface area contributed by atoms with Crippen LogP contribution >= 0.6 is 34.7 Å². The Labute approximate surface area is 193 Å². The van der Waals surface area contributed by atoms with E-state index in [0.29, 0.717) is 33.4 Å². The second-order valence-corrected chi connectivity index (χ2v) is 9.94. The van der Waals surface area contributed by atoms with Crippen LogP contribution < -0.4 is 20.1 Å². The first-order chi connectivity index (χ1) is 15.0. The largest absolute Gasteiger partial charge is 0.486 e. The van der Waals surface area contributed by atoms with Crippen LogP contribution in [-0.2, 0) is 4.79 Å². The number of amides is 1. The number of anilines is 2. The fourth-order valence-corrected chi connectivity index (χ4v) is 4.95. The average Bonchev–Trinajstić information content (AvgIpc) is 3.21. The molecule has 2 unspecified atom stereocenters. The van der Waals surface area contributed by atoms with Crippen molar-refractivity contribution in [1.82, 2.24) is 15.5 Å². The molecule has 1 aromatic heterocycles. The summed E-state index contributed by atoms with van der Waals surface area (Å²) in [6.45, 7) is 4.55. The van der Waals surface area contributed by atoms with Crippen molar-refractivity contribution >= 4 is 51.4 Å². The van der Waals surface area contributed by atoms with Crippen LogP contribution in [-0.4, -0.2) is 40.6 Å². The van der Waals surface area contributed by atoms with Gasteiger partial charge in [-0.15, -0.1) is 10.2 Å². The molecule has 0 bridgehead atoms. The van der Waals surface area contributed by atoms with Crippen LogP contribution in [0.25, 0.3) is 0 Å². The smallest absolute Gasteiger partial charge is 0.233 e. The number of aromatic nitrogens is 2. The van der Waals surface area contributed by atoms with E-state index in [9.17, 15) is 4.79 Å². The quantitative estimate of drug-likeness (QED) is 0.479. The fourth-order valence-electron chi connectivity index (χ4n) is 2.83. The number of carbonyl (C=O) groups excluding carboxylic acids is 1. The van der Waals surface area contributed by atoms with E-state index in [1.165, 1.54) is 23.1 Å². The molecule has 2 atom stereocenters. The first kappa shape index (κ1) is 21.7. The van der Waals surface area contributed by atoms with Gasteiger partial charge in [0.2, 0.25) is 11.0 Å². The fraction of sp³-hybridized carbons (Fsp3) is 0.286. The van der Waals surface area contributed by atoms with Crippen LogP contribution in [0.3, 0.4) is 0 Å². The van der Waals surface area contributed by atoms with Gasteiger partial charge in [-0.2, -0.15) is 0 Å². The number of ether oxygens (including phenoxy) is 2. The number of hydrogen-bond donors (Lipinski definition) is 2. The van der Waals surface area contributed by atoms with E-state index in [-0.39, 0.29) is 17.3 Å². The van der Waals surface area contributed by atoms with Crippen molar-refractivity contribution in [3.05, 3.63) is 53.1 Å². The predicted octanol–water partition coefficient (Wildman–Crippen LogP) is 4.68. The summed E-state index contributed by atoms with van der Waals surface area (Å²) in [5.41, 5.74) is 1.85. The SMILES string of the molecule is Cc1ccc(Nc2nnc(SC(C)C(=O)NCC3COc4ccccc4O3)s2)cc1Cl. The van der Waals surface area contributed by atoms with Crippen LogP contribution in [0, 0.1) is 6.92 Å². The van der Waals surface area contributed by atoms with Gasteiger partial charge in [0.15, 0.2) is 15.8 Å². The molecule has 0 aliphatic carbocycles. The number of fused-ring (bicyclic) bond motifs is 1. The second-order valence-electron chi connectivity index (χ2n) is 6.96. The van der Waals surface area contributed by atoms with Crippen LogP contribution in [0.1, 0.15) is 12.5 Å². The number of aryl methyl sites for hydroxylation is 1. The number of nitrogens with zero attached hydrogens (tertiary/aromatic N) is 2. The molecule has 0 spiro atoms. The Kier molecular flexibility index (Phi) is 6.84. The summed E-state index contributed by atoms with van der Waals surface area (Å²) in [6.07, 6.45) is -0.227. The molecular formula is C21H21ClN4O3S2. The first-order valence-corrected chi connectivity index (χ1v) is 11.7. The van der Waals surface area contributed by atoms with E-state index >= 15 is 0 Å². The maximum atomic E-state index is 12.5. The molecular weight excluding hydrogens is 456 g/mol. The molecule has 1 amide bonds. The highest BCUT2D eigenvalue weighted by Gasteiger charge is 2.23. The molecule has 0 saturated carbocycles. The zero-order chi connectivity index (χ0) is 21.8. The lowest BCUT2D eigenvalue weighted by Gasteiger charge is -2.26. The molecule has 0 fully saturated rings. The minimum absolute atomic E-state index is 0.0949. The molecule has 2 heterocycles. The van der Waals surface area contributed by atoms with Crippen LogP contribution in [0.5, 0.6) is 11.5 Å². The summed E-state index contributed by atoms with van der Waals surface area (Å²) in [5.74, 6) is 1.32. The topological polar surface area (TPSA) is 85.4 Å². The minimum Gasteiger partial charge on any atom is -0.486 e. The Bertz CT molecular complexity index is 1080. The summed E-state index contributed by atoms with van der Waals surface area (Å²) in [6, 6.07) is 13.2. The van der Waals surface area contributed by atoms with Gasteiger partial charge in [-0.1, -0.05) is 52.9 Å². The minimum atomic E-state index is -0.327. The van der Waals surface area contributed by atoms with Crippen LogP contribution in [0.15, 0.2) is 46.8 Å². The van der Waals surface area contributed by atoms with E-state index in [2.05, 4.69) is 20.8 Å². The zero-order valence-electron chi connectivity index (χ0n) is 16.9. The predicted molar refractivity (Wildman–Crippen MR) is 124 cm³/mol. The number of para-hydroxylation sites is 2. The van der Waals surface area contributed by atoms with Gasteiger partial charge in [0.1, 0.15) is 12.7 Å². The van der Waals surface area contributed by atoms with Crippen molar-refractivity contribution in [1.29, 1.82) is 0 Å². The number of halogens is 1. The molecule has 162 valence electrons. The van der Waals surface area contributed by atoms with Crippen molar-refractivity contribution < 1.29 is 14.3 Å². The molecule has 4 rings (SSSR count). The maximum Gasteiger partial charge on any atom is 0.233 e. The molecule has 2 N–H and O–H groups in total. The van der Waals surface area contributed by atoms with E-state index < -0.39 is 0 Å². The van der Waals surface area contributed by atoms with Crippen molar-refractivity contribution in [2.75, 3.05) is 18.5 Å². The Morgan fingerprint density at radius 1 is 1.29 bits per heavy atom. The Balaban J connectivity index is 1.26. The van der Waals surface area contributed by atoms with Gasteiger partial charge in [0.05, 0.1) is 11.8 Å². The maximum absolute atomic E-state index is 12.5. The van der Waals surface area contributed by atoms with E-state index in [0.717, 1.165) is 17.0 Å². The van der Waals surface area contributed by atoms with Crippen molar-refractivity contribution in [2.24, 2.45) is 0 Å². The first-order valence-electron chi connectivity index (χ1n) is 9.67. The van der Waals surface area contributed by atoms with Crippen molar-refractivity contribution in [3.8, 4) is 11.5 Å². The van der Waals surface area contributed by atoms with Gasteiger partial charge in [0.25, 0.3) is 0 Å². The summed E-state index contributed by atoms with van der Waals surface area (Å²) in [4.78, 5) is 12.5. The lowest BCUT2D eigenvalue weighted by atomic mass is 10.2. The molecule has 31 heavy (non-hydrogen) atoms. The Hall–Kier alpha value is -2.49. The summed E-state index contributed by atoms with van der Waals surface area (Å²) >= 11 is 8.90. The number of thioether (sulfide) groups is 1. The molecule has 0 saturated heterocycles. The lowest BCUT2D eigenvalue weighted by molar-refractivity contribution is -0.120. The third-order valence-corrected chi connectivity index (χ3v) is 6.98. The lowest BCUT2D eigenvalue weighted by Crippen LogP contribution is -2.42. The third-order valence-electron chi connectivity index (χ3n) is 4.55. The second kappa shape index (κ2) is 9.76. The molecule has 0 radical (unpaired) electrons. The summed E-state index contributed by atoms with van der Waals surface area (Å²) in [7, 11) is 0. The van der Waals surface area contributed by atoms with Crippen molar-refractivity contribution in [3.63, 3.8) is 0 Å². The Morgan fingerprint density at radius 3 is 2.90 bits per heavy atom. The summed E-state index contributed by atoms with van der Waals surface area (Å²) < 4.78 is 12.3. The van der Waals surface area contributed by atoms with Gasteiger partial charge in [-0.25, -0.2) is 0 Å². The Morgan fingerprint density at radius 2 is 2.10 bits per heavy atom. The van der Waals surface area contributed by atoms with Gasteiger partial charge in [0, 0.05) is 10.7 Å². The van der Waals surface area contributed by atoms with E-state index in [1.807, 2.05) is 56.3 Å². The highest BCUT2D eigenvalue weighted by Crippen LogP contribution is 2.32. The molecule has 1 aliphatic rings. The van der Waals surface area contributed by atoms with E-state index in [1.54, 1.807) is 0 Å². The van der Waals surface area contributed by atoms with Gasteiger partial charge in [-0.05, 0) is 43.7 Å². The number of carbonyl (C=O) groups is 1. The third kappa shape index (κ3) is 5.61. The highest BCUT2D eigenvalue weighted by molar-refractivity contribution is 8.02. The zero-order valence-corrected chi connectivity index (χ0v) is 19.3. The number of nitrogens with one attached hydrogen (secondary N) is 2. The number of hydrogen-bond acceptors (Lipinski definition) is 8. The normalized spacial score (nSPS) is 15.9. The standard InChI is InChI=1S/C21H21ClN4O3S2/c1-12-7-8-14(9-16(12)22)24-20-25-26-21(31-20)30-13(2)19(27)23-10-15-11-28-17-5-3-4-6-18(17)29-15/h3-9,13,15H,10-11H2,1-2H3,(H,23,27)(H,24,25). The van der Waals surface area contributed by atoms with Gasteiger partial charge in [-0.3, -0.25) is 4.79 Å². The highest BCUT2D eigenvalue weighted by atomic mass is 35.5. The number of rotatable bonds is 7. The van der Waals surface area contributed by atoms with Crippen molar-refractivity contribution in [2.45, 2.75) is 29.5 Å². The average molecular weight is 477 g/mol. The number of benzene rings is 2. The molecule has 2 aromatic carbocycles.